The van der Waals surface area contributed by atoms with Gasteiger partial charge in [0.15, 0.2) is 0 Å². The van der Waals surface area contributed by atoms with E-state index in [1.54, 1.807) is 7.11 Å². The van der Waals surface area contributed by atoms with Crippen molar-refractivity contribution in [3.63, 3.8) is 0 Å². The first-order chi connectivity index (χ1) is 9.78. The van der Waals surface area contributed by atoms with E-state index >= 15 is 0 Å². The van der Waals surface area contributed by atoms with Gasteiger partial charge in [-0.2, -0.15) is 5.10 Å². The third-order valence-electron chi connectivity index (χ3n) is 3.34. The molecule has 0 radical (unpaired) electrons. The van der Waals surface area contributed by atoms with Gasteiger partial charge >= 0.3 is 0 Å². The molecule has 0 amide bonds. The summed E-state index contributed by atoms with van der Waals surface area (Å²) >= 11 is 0. The summed E-state index contributed by atoms with van der Waals surface area (Å²) in [4.78, 5) is 0. The van der Waals surface area contributed by atoms with Crippen LogP contribution in [0.3, 0.4) is 0 Å². The molecule has 1 heterocycles. The van der Waals surface area contributed by atoms with Crippen molar-refractivity contribution in [3.05, 3.63) is 47.8 Å². The van der Waals surface area contributed by atoms with Crippen molar-refractivity contribution in [2.24, 2.45) is 5.84 Å². The maximum absolute atomic E-state index is 5.72. The van der Waals surface area contributed by atoms with Gasteiger partial charge in [-0.25, -0.2) is 0 Å². The fourth-order valence-corrected chi connectivity index (χ4v) is 2.28. The van der Waals surface area contributed by atoms with E-state index in [9.17, 15) is 0 Å². The molecular formula is C15H22N4O. The number of nitrogens with two attached hydrogens (primary N) is 1. The Labute approximate surface area is 119 Å². The zero-order valence-electron chi connectivity index (χ0n) is 12.0. The Kier molecular flexibility index (Phi) is 5.15. The molecule has 3 N–H and O–H groups in total. The van der Waals surface area contributed by atoms with E-state index < -0.39 is 0 Å². The second-order valence-corrected chi connectivity index (χ2v) is 4.75. The van der Waals surface area contributed by atoms with Crippen LogP contribution in [0.4, 0.5) is 0 Å². The van der Waals surface area contributed by atoms with E-state index in [0.717, 1.165) is 30.8 Å². The minimum Gasteiger partial charge on any atom is -0.497 e. The van der Waals surface area contributed by atoms with Gasteiger partial charge in [0.05, 0.1) is 18.8 Å². The van der Waals surface area contributed by atoms with Gasteiger partial charge in [0.1, 0.15) is 5.75 Å². The fourth-order valence-electron chi connectivity index (χ4n) is 2.28. The lowest BCUT2D eigenvalue weighted by Crippen LogP contribution is -2.31. The first-order valence-corrected chi connectivity index (χ1v) is 6.89. The molecule has 0 bridgehead atoms. The zero-order valence-corrected chi connectivity index (χ0v) is 12.0. The minimum atomic E-state index is 0.0532. The Morgan fingerprint density at radius 1 is 1.30 bits per heavy atom. The van der Waals surface area contributed by atoms with Crippen LogP contribution in [0, 0.1) is 0 Å². The van der Waals surface area contributed by atoms with Crippen molar-refractivity contribution in [1.29, 1.82) is 0 Å². The van der Waals surface area contributed by atoms with Crippen LogP contribution in [0.15, 0.2) is 36.5 Å². The number of methoxy groups -OCH3 is 1. The molecule has 0 saturated heterocycles. The van der Waals surface area contributed by atoms with Crippen molar-refractivity contribution in [2.75, 3.05) is 7.11 Å². The molecule has 5 heteroatoms. The first kappa shape index (κ1) is 14.6. The summed E-state index contributed by atoms with van der Waals surface area (Å²) < 4.78 is 7.18. The highest BCUT2D eigenvalue weighted by atomic mass is 16.5. The summed E-state index contributed by atoms with van der Waals surface area (Å²) in [5, 5.41) is 4.34. The SMILES string of the molecule is CCCn1nccc1C(Cc1ccc(OC)cc1)NN. The summed E-state index contributed by atoms with van der Waals surface area (Å²) in [5.74, 6) is 6.58. The minimum absolute atomic E-state index is 0.0532. The van der Waals surface area contributed by atoms with Gasteiger partial charge in [-0.05, 0) is 36.6 Å². The Morgan fingerprint density at radius 2 is 2.05 bits per heavy atom. The number of hydrazine groups is 1. The number of ether oxygens (including phenoxy) is 1. The number of hydrogen-bond donors (Lipinski definition) is 2. The summed E-state index contributed by atoms with van der Waals surface area (Å²) in [5.41, 5.74) is 5.21. The summed E-state index contributed by atoms with van der Waals surface area (Å²) in [7, 11) is 1.67. The second kappa shape index (κ2) is 7.07. The van der Waals surface area contributed by atoms with Crippen LogP contribution in [-0.2, 0) is 13.0 Å². The third kappa shape index (κ3) is 3.37. The van der Waals surface area contributed by atoms with E-state index in [4.69, 9.17) is 10.6 Å². The molecule has 0 fully saturated rings. The van der Waals surface area contributed by atoms with Crippen molar-refractivity contribution in [2.45, 2.75) is 32.4 Å². The Balaban J connectivity index is 2.13. The van der Waals surface area contributed by atoms with Crippen LogP contribution in [0.2, 0.25) is 0 Å². The number of hydrogen-bond acceptors (Lipinski definition) is 4. The molecule has 20 heavy (non-hydrogen) atoms. The molecule has 0 saturated carbocycles. The van der Waals surface area contributed by atoms with Crippen molar-refractivity contribution in [3.8, 4) is 5.75 Å². The Hall–Kier alpha value is -1.85. The molecule has 5 nitrogen and oxygen atoms in total. The van der Waals surface area contributed by atoms with Crippen LogP contribution in [-0.4, -0.2) is 16.9 Å². The molecule has 0 aliphatic rings. The highest BCUT2D eigenvalue weighted by Gasteiger charge is 2.15. The summed E-state index contributed by atoms with van der Waals surface area (Å²) in [6.07, 6.45) is 3.69. The average Bonchev–Trinajstić information content (AvgIpc) is 2.94. The number of nitrogens with one attached hydrogen (secondary N) is 1. The topological polar surface area (TPSA) is 65.1 Å². The second-order valence-electron chi connectivity index (χ2n) is 4.75. The smallest absolute Gasteiger partial charge is 0.118 e. The quantitative estimate of drug-likeness (QED) is 0.599. The molecule has 0 spiro atoms. The lowest BCUT2D eigenvalue weighted by atomic mass is 10.0. The molecule has 1 unspecified atom stereocenters. The van der Waals surface area contributed by atoms with E-state index in [1.807, 2.05) is 29.1 Å². The van der Waals surface area contributed by atoms with Gasteiger partial charge in [0.2, 0.25) is 0 Å². The summed E-state index contributed by atoms with van der Waals surface area (Å²) in [6.45, 7) is 3.04. The molecule has 0 aliphatic carbocycles. The highest BCUT2D eigenvalue weighted by molar-refractivity contribution is 5.28. The van der Waals surface area contributed by atoms with Crippen molar-refractivity contribution >= 4 is 0 Å². The molecular weight excluding hydrogens is 252 g/mol. The third-order valence-corrected chi connectivity index (χ3v) is 3.34. The number of aromatic nitrogens is 2. The Morgan fingerprint density at radius 3 is 2.65 bits per heavy atom. The van der Waals surface area contributed by atoms with Crippen LogP contribution < -0.4 is 16.0 Å². The number of nitrogens with zero attached hydrogens (tertiary/aromatic N) is 2. The monoisotopic (exact) mass is 274 g/mol. The molecule has 1 aromatic heterocycles. The number of benzene rings is 1. The number of aryl methyl sites for hydroxylation is 1. The van der Waals surface area contributed by atoms with Crippen LogP contribution in [0.1, 0.15) is 30.6 Å². The van der Waals surface area contributed by atoms with Gasteiger partial charge < -0.3 is 4.74 Å². The van der Waals surface area contributed by atoms with E-state index in [1.165, 1.54) is 5.56 Å². The van der Waals surface area contributed by atoms with Gasteiger partial charge in [-0.3, -0.25) is 16.0 Å². The predicted molar refractivity (Wildman–Crippen MR) is 79.3 cm³/mol. The van der Waals surface area contributed by atoms with Crippen LogP contribution >= 0.6 is 0 Å². The largest absolute Gasteiger partial charge is 0.497 e. The molecule has 1 atom stereocenters. The number of rotatable bonds is 7. The van der Waals surface area contributed by atoms with Crippen LogP contribution in [0.5, 0.6) is 5.75 Å². The zero-order chi connectivity index (χ0) is 14.4. The van der Waals surface area contributed by atoms with Gasteiger partial charge in [-0.1, -0.05) is 19.1 Å². The van der Waals surface area contributed by atoms with Gasteiger partial charge in [-0.15, -0.1) is 0 Å². The lowest BCUT2D eigenvalue weighted by molar-refractivity contribution is 0.414. The fraction of sp³-hybridized carbons (Fsp3) is 0.400. The molecule has 2 aromatic rings. The van der Waals surface area contributed by atoms with Crippen molar-refractivity contribution < 1.29 is 4.74 Å². The maximum Gasteiger partial charge on any atom is 0.118 e. The van der Waals surface area contributed by atoms with Gasteiger partial charge in [0, 0.05) is 12.7 Å². The first-order valence-electron chi connectivity index (χ1n) is 6.89. The molecule has 0 aliphatic heterocycles. The molecule has 2 rings (SSSR count). The van der Waals surface area contributed by atoms with Crippen LogP contribution in [0.25, 0.3) is 0 Å². The van der Waals surface area contributed by atoms with E-state index in [0.29, 0.717) is 0 Å². The van der Waals surface area contributed by atoms with Crippen molar-refractivity contribution in [1.82, 2.24) is 15.2 Å². The highest BCUT2D eigenvalue weighted by Crippen LogP contribution is 2.20. The standard InChI is InChI=1S/C15H22N4O/c1-3-10-19-15(8-9-17-19)14(18-16)11-12-4-6-13(20-2)7-5-12/h4-9,14,18H,3,10-11,16H2,1-2H3. The van der Waals surface area contributed by atoms with Gasteiger partial charge in [0.25, 0.3) is 0 Å². The lowest BCUT2D eigenvalue weighted by Gasteiger charge is -2.18. The summed E-state index contributed by atoms with van der Waals surface area (Å²) in [6, 6.07) is 10.1. The van der Waals surface area contributed by atoms with E-state index in [2.05, 4.69) is 29.6 Å². The van der Waals surface area contributed by atoms with E-state index in [-0.39, 0.29) is 6.04 Å². The molecule has 1 aromatic carbocycles. The maximum atomic E-state index is 5.72. The Bertz CT molecular complexity index is 521. The predicted octanol–water partition coefficient (Wildman–Crippen LogP) is 2.05. The average molecular weight is 274 g/mol. The normalized spacial score (nSPS) is 12.3. The molecule has 108 valence electrons.